The average molecular weight is 312 g/mol. The number of benzene rings is 2. The van der Waals surface area contributed by atoms with E-state index in [1.54, 1.807) is 18.2 Å². The number of nitrogens with two attached hydrogens (primary N) is 1. The van der Waals surface area contributed by atoms with Crippen LogP contribution in [0, 0.1) is 11.6 Å². The van der Waals surface area contributed by atoms with Crippen molar-refractivity contribution < 1.29 is 17.2 Å². The fourth-order valence-electron chi connectivity index (χ4n) is 1.82. The van der Waals surface area contributed by atoms with Crippen molar-refractivity contribution in [2.45, 2.75) is 18.2 Å². The van der Waals surface area contributed by atoms with E-state index in [0.717, 1.165) is 24.1 Å². The molecule has 7 heteroatoms. The molecule has 0 radical (unpaired) electrons. The molecule has 0 saturated carbocycles. The summed E-state index contributed by atoms with van der Waals surface area (Å²) in [5, 5.41) is 0. The number of hydrogen-bond donors (Lipinski definition) is 2. The van der Waals surface area contributed by atoms with Crippen molar-refractivity contribution in [3.63, 3.8) is 0 Å². The van der Waals surface area contributed by atoms with E-state index in [1.165, 1.54) is 0 Å². The molecule has 0 aliphatic rings. The molecule has 2 aromatic carbocycles. The van der Waals surface area contributed by atoms with Gasteiger partial charge >= 0.3 is 0 Å². The van der Waals surface area contributed by atoms with Gasteiger partial charge in [-0.2, -0.15) is 0 Å². The Morgan fingerprint density at radius 2 is 1.90 bits per heavy atom. The molecule has 3 N–H and O–H groups in total. The van der Waals surface area contributed by atoms with Gasteiger partial charge in [-0.1, -0.05) is 19.1 Å². The van der Waals surface area contributed by atoms with Gasteiger partial charge in [0.25, 0.3) is 10.0 Å². The predicted molar refractivity (Wildman–Crippen MR) is 77.4 cm³/mol. The number of rotatable bonds is 4. The highest BCUT2D eigenvalue weighted by Crippen LogP contribution is 2.25. The van der Waals surface area contributed by atoms with Crippen molar-refractivity contribution in [1.82, 2.24) is 0 Å². The fraction of sp³-hybridized carbons (Fsp3) is 0.143. The molecule has 0 amide bonds. The van der Waals surface area contributed by atoms with Crippen molar-refractivity contribution in [2.24, 2.45) is 0 Å². The number of anilines is 2. The Labute approximate surface area is 121 Å². The summed E-state index contributed by atoms with van der Waals surface area (Å²) < 4.78 is 53.5. The second-order valence-corrected chi connectivity index (χ2v) is 6.08. The van der Waals surface area contributed by atoms with Crippen LogP contribution in [-0.2, 0) is 16.4 Å². The Morgan fingerprint density at radius 3 is 2.57 bits per heavy atom. The van der Waals surface area contributed by atoms with Crippen LogP contribution in [0.25, 0.3) is 0 Å². The van der Waals surface area contributed by atoms with E-state index in [1.807, 2.05) is 13.0 Å². The normalized spacial score (nSPS) is 11.4. The number of nitrogens with one attached hydrogen (secondary N) is 1. The highest BCUT2D eigenvalue weighted by atomic mass is 32.2. The van der Waals surface area contributed by atoms with E-state index in [-0.39, 0.29) is 0 Å². The minimum absolute atomic E-state index is 0.302. The Balaban J connectivity index is 2.41. The minimum Gasteiger partial charge on any atom is -0.394 e. The molecule has 0 heterocycles. The highest BCUT2D eigenvalue weighted by molar-refractivity contribution is 7.92. The summed E-state index contributed by atoms with van der Waals surface area (Å²) in [5.74, 6) is -2.30. The Bertz CT molecular complexity index is 777. The lowest BCUT2D eigenvalue weighted by atomic mass is 10.1. The van der Waals surface area contributed by atoms with Crippen LogP contribution in [0.5, 0.6) is 0 Å². The zero-order chi connectivity index (χ0) is 15.6. The second-order valence-electron chi connectivity index (χ2n) is 4.43. The molecule has 0 unspecified atom stereocenters. The van der Waals surface area contributed by atoms with E-state index in [2.05, 4.69) is 4.72 Å². The first kappa shape index (κ1) is 15.2. The third-order valence-corrected chi connectivity index (χ3v) is 4.37. The quantitative estimate of drug-likeness (QED) is 0.853. The fourth-order valence-corrected chi connectivity index (χ4v) is 2.96. The first-order valence-corrected chi connectivity index (χ1v) is 7.68. The van der Waals surface area contributed by atoms with E-state index in [0.29, 0.717) is 5.69 Å². The summed E-state index contributed by atoms with van der Waals surface area (Å²) in [6.45, 7) is 1.92. The maximum absolute atomic E-state index is 13.8. The molecule has 0 aromatic heterocycles. The number of hydrogen-bond acceptors (Lipinski definition) is 3. The number of aryl methyl sites for hydroxylation is 1. The molecule has 112 valence electrons. The standard InChI is InChI=1S/C14H14F2N2O2S/c1-2-9-4-3-5-10(8-9)18-21(19,20)12-7-6-11(15)14(17)13(12)16/h3-8,18H,2,17H2,1H3. The summed E-state index contributed by atoms with van der Waals surface area (Å²) in [5.41, 5.74) is 5.58. The minimum atomic E-state index is -4.18. The molecule has 4 nitrogen and oxygen atoms in total. The predicted octanol–water partition coefficient (Wildman–Crippen LogP) is 2.91. The summed E-state index contributed by atoms with van der Waals surface area (Å²) in [6, 6.07) is 8.37. The molecule has 0 atom stereocenters. The van der Waals surface area contributed by atoms with Crippen molar-refractivity contribution in [3.8, 4) is 0 Å². The van der Waals surface area contributed by atoms with Crippen LogP contribution in [0.15, 0.2) is 41.3 Å². The van der Waals surface area contributed by atoms with Crippen molar-refractivity contribution in [3.05, 3.63) is 53.6 Å². The Hall–Kier alpha value is -2.15. The zero-order valence-electron chi connectivity index (χ0n) is 11.2. The van der Waals surface area contributed by atoms with Crippen LogP contribution < -0.4 is 10.5 Å². The molecule has 0 aliphatic carbocycles. The van der Waals surface area contributed by atoms with Crippen LogP contribution >= 0.6 is 0 Å². The Morgan fingerprint density at radius 1 is 1.19 bits per heavy atom. The third-order valence-electron chi connectivity index (χ3n) is 2.97. The van der Waals surface area contributed by atoms with Crippen LogP contribution in [0.3, 0.4) is 0 Å². The lowest BCUT2D eigenvalue weighted by Crippen LogP contribution is -2.16. The monoisotopic (exact) mass is 312 g/mol. The van der Waals surface area contributed by atoms with E-state index in [9.17, 15) is 17.2 Å². The lowest BCUT2D eigenvalue weighted by molar-refractivity contribution is 0.557. The largest absolute Gasteiger partial charge is 0.394 e. The van der Waals surface area contributed by atoms with Gasteiger partial charge in [0.2, 0.25) is 0 Å². The van der Waals surface area contributed by atoms with Gasteiger partial charge in [-0.15, -0.1) is 0 Å². The maximum Gasteiger partial charge on any atom is 0.264 e. The number of nitrogen functional groups attached to an aromatic ring is 1. The van der Waals surface area contributed by atoms with Gasteiger partial charge in [-0.3, -0.25) is 4.72 Å². The smallest absolute Gasteiger partial charge is 0.264 e. The molecule has 0 aliphatic heterocycles. The van der Waals surface area contributed by atoms with Gasteiger partial charge in [-0.05, 0) is 36.2 Å². The van der Waals surface area contributed by atoms with Gasteiger partial charge < -0.3 is 5.73 Å². The first-order chi connectivity index (χ1) is 9.85. The van der Waals surface area contributed by atoms with Crippen LogP contribution in [0.1, 0.15) is 12.5 Å². The summed E-state index contributed by atoms with van der Waals surface area (Å²) in [6.07, 6.45) is 0.730. The van der Waals surface area contributed by atoms with E-state index < -0.39 is 32.2 Å². The van der Waals surface area contributed by atoms with Crippen LogP contribution in [-0.4, -0.2) is 8.42 Å². The third kappa shape index (κ3) is 3.13. The summed E-state index contributed by atoms with van der Waals surface area (Å²) >= 11 is 0. The molecular formula is C14H14F2N2O2S. The first-order valence-electron chi connectivity index (χ1n) is 6.20. The van der Waals surface area contributed by atoms with Crippen LogP contribution in [0.2, 0.25) is 0 Å². The van der Waals surface area contributed by atoms with Gasteiger partial charge in [0.1, 0.15) is 16.4 Å². The van der Waals surface area contributed by atoms with E-state index >= 15 is 0 Å². The topological polar surface area (TPSA) is 72.2 Å². The van der Waals surface area contributed by atoms with Crippen LogP contribution in [0.4, 0.5) is 20.2 Å². The molecule has 0 saturated heterocycles. The molecule has 0 bridgehead atoms. The Kier molecular flexibility index (Phi) is 4.13. The molecule has 0 fully saturated rings. The van der Waals surface area contributed by atoms with Gasteiger partial charge in [0.05, 0.1) is 0 Å². The second kappa shape index (κ2) is 5.69. The van der Waals surface area contributed by atoms with Crippen molar-refractivity contribution in [1.29, 1.82) is 0 Å². The van der Waals surface area contributed by atoms with Gasteiger partial charge in [0, 0.05) is 5.69 Å². The average Bonchev–Trinajstić information content (AvgIpc) is 2.44. The molecule has 2 aromatic rings. The van der Waals surface area contributed by atoms with Crippen molar-refractivity contribution >= 4 is 21.4 Å². The van der Waals surface area contributed by atoms with E-state index in [4.69, 9.17) is 5.73 Å². The maximum atomic E-state index is 13.8. The molecule has 21 heavy (non-hydrogen) atoms. The lowest BCUT2D eigenvalue weighted by Gasteiger charge is -2.11. The van der Waals surface area contributed by atoms with Crippen molar-refractivity contribution in [2.75, 3.05) is 10.5 Å². The van der Waals surface area contributed by atoms with Gasteiger partial charge in [-0.25, -0.2) is 17.2 Å². The molecule has 2 rings (SSSR count). The summed E-state index contributed by atoms with van der Waals surface area (Å²) in [7, 11) is -4.18. The molecule has 0 spiro atoms. The highest BCUT2D eigenvalue weighted by Gasteiger charge is 2.22. The molecular weight excluding hydrogens is 298 g/mol. The number of halogens is 2. The summed E-state index contributed by atoms with van der Waals surface area (Å²) in [4.78, 5) is -0.691. The SMILES string of the molecule is CCc1cccc(NS(=O)(=O)c2ccc(F)c(N)c2F)c1. The van der Waals surface area contributed by atoms with Gasteiger partial charge in [0.15, 0.2) is 5.82 Å². The number of sulfonamides is 1. The zero-order valence-corrected chi connectivity index (χ0v) is 12.0.